The van der Waals surface area contributed by atoms with E-state index in [1.807, 2.05) is 0 Å². The van der Waals surface area contributed by atoms with Gasteiger partial charge in [0.05, 0.1) is 0 Å². The van der Waals surface area contributed by atoms with Crippen LogP contribution in [0.1, 0.15) is 46.0 Å². The van der Waals surface area contributed by atoms with Gasteiger partial charge in [-0.25, -0.2) is 0 Å². The molecule has 0 aromatic rings. The molecule has 0 aromatic carbocycles. The van der Waals surface area contributed by atoms with Crippen LogP contribution in [0.15, 0.2) is 11.9 Å². The van der Waals surface area contributed by atoms with Crippen LogP contribution in [-0.4, -0.2) is 12.3 Å². The second kappa shape index (κ2) is 6.60. The van der Waals surface area contributed by atoms with Gasteiger partial charge in [0.15, 0.2) is 0 Å². The predicted octanol–water partition coefficient (Wildman–Crippen LogP) is 4.60. The molecule has 76 valence electrons. The highest BCUT2D eigenvalue weighted by molar-refractivity contribution is 7.60. The highest BCUT2D eigenvalue weighted by Gasteiger charge is 2.10. The van der Waals surface area contributed by atoms with Crippen molar-refractivity contribution in [2.45, 2.75) is 46.0 Å². The summed E-state index contributed by atoms with van der Waals surface area (Å²) in [6, 6.07) is 0. The van der Waals surface area contributed by atoms with Crippen molar-refractivity contribution in [2.75, 3.05) is 12.3 Å². The van der Waals surface area contributed by atoms with E-state index in [0.29, 0.717) is 0 Å². The van der Waals surface area contributed by atoms with Crippen molar-refractivity contribution >= 4 is 7.92 Å². The average molecular weight is 198 g/mol. The van der Waals surface area contributed by atoms with Crippen LogP contribution < -0.4 is 0 Å². The fourth-order valence-corrected chi connectivity index (χ4v) is 3.36. The quantitative estimate of drug-likeness (QED) is 0.579. The second-order valence-corrected chi connectivity index (χ2v) is 6.70. The van der Waals surface area contributed by atoms with Gasteiger partial charge in [-0.2, -0.15) is 0 Å². The molecule has 1 aliphatic rings. The summed E-state index contributed by atoms with van der Waals surface area (Å²) in [6.07, 6.45) is 12.6. The largest absolute Gasteiger partial charge is 0.0841 e. The molecule has 0 radical (unpaired) electrons. The van der Waals surface area contributed by atoms with Crippen LogP contribution in [0.25, 0.3) is 0 Å². The molecular weight excluding hydrogens is 175 g/mol. The fraction of sp³-hybridized carbons (Fsp3) is 0.833. The summed E-state index contributed by atoms with van der Waals surface area (Å²) in [5.74, 6) is 3.46. The van der Waals surface area contributed by atoms with E-state index in [-0.39, 0.29) is 7.92 Å². The van der Waals surface area contributed by atoms with Crippen LogP contribution in [-0.2, 0) is 0 Å². The monoisotopic (exact) mass is 198 g/mol. The maximum atomic E-state index is 2.53. The number of hydrogen-bond acceptors (Lipinski definition) is 0. The Labute approximate surface area is 84.6 Å². The van der Waals surface area contributed by atoms with E-state index in [0.717, 1.165) is 5.92 Å². The Hall–Kier alpha value is 0.170. The van der Waals surface area contributed by atoms with E-state index >= 15 is 0 Å². The van der Waals surface area contributed by atoms with Crippen molar-refractivity contribution in [1.82, 2.24) is 0 Å². The van der Waals surface area contributed by atoms with E-state index in [9.17, 15) is 0 Å². The summed E-state index contributed by atoms with van der Waals surface area (Å²) >= 11 is 0. The van der Waals surface area contributed by atoms with Crippen LogP contribution in [0.4, 0.5) is 0 Å². The lowest BCUT2D eigenvalue weighted by molar-refractivity contribution is 0.420. The van der Waals surface area contributed by atoms with Gasteiger partial charge in [0, 0.05) is 0 Å². The van der Waals surface area contributed by atoms with Crippen molar-refractivity contribution in [3.05, 3.63) is 11.9 Å². The molecule has 0 amide bonds. The Bertz CT molecular complexity index is 141. The molecule has 0 heterocycles. The van der Waals surface area contributed by atoms with Gasteiger partial charge in [0.25, 0.3) is 0 Å². The third-order valence-electron chi connectivity index (χ3n) is 3.03. The average Bonchev–Trinajstić information content (AvgIpc) is 2.21. The lowest BCUT2D eigenvalue weighted by atomic mass is 9.90. The molecule has 0 N–H and O–H groups in total. The normalized spacial score (nSPS) is 20.2. The van der Waals surface area contributed by atoms with Crippen LogP contribution in [0.2, 0.25) is 0 Å². The van der Waals surface area contributed by atoms with Crippen molar-refractivity contribution in [2.24, 2.45) is 5.92 Å². The van der Waals surface area contributed by atoms with Crippen LogP contribution >= 0.6 is 7.92 Å². The SMILES string of the molecule is CCP(C=CC1CCCCC1)CC. The second-order valence-electron chi connectivity index (χ2n) is 3.96. The molecule has 1 saturated carbocycles. The molecule has 0 nitrogen and oxygen atoms in total. The standard InChI is InChI=1S/C12H23P/c1-3-13(4-2)11-10-12-8-6-5-7-9-12/h10-12H,3-9H2,1-2H3. The Morgan fingerprint density at radius 2 is 1.69 bits per heavy atom. The minimum atomic E-state index is 0.238. The molecule has 0 atom stereocenters. The lowest BCUT2D eigenvalue weighted by Crippen LogP contribution is -2.02. The first-order chi connectivity index (χ1) is 6.36. The summed E-state index contributed by atoms with van der Waals surface area (Å²) in [5.41, 5.74) is 0. The van der Waals surface area contributed by atoms with Gasteiger partial charge in [-0.3, -0.25) is 0 Å². The Morgan fingerprint density at radius 1 is 1.08 bits per heavy atom. The summed E-state index contributed by atoms with van der Waals surface area (Å²) in [7, 11) is 0.238. The van der Waals surface area contributed by atoms with Crippen LogP contribution in [0.3, 0.4) is 0 Å². The first-order valence-electron chi connectivity index (χ1n) is 5.79. The maximum absolute atomic E-state index is 2.53. The first-order valence-corrected chi connectivity index (χ1v) is 7.57. The Kier molecular flexibility index (Phi) is 5.71. The fourth-order valence-electron chi connectivity index (χ4n) is 2.00. The van der Waals surface area contributed by atoms with Gasteiger partial charge in [0.2, 0.25) is 0 Å². The molecule has 0 bridgehead atoms. The number of rotatable bonds is 4. The lowest BCUT2D eigenvalue weighted by Gasteiger charge is -2.18. The van der Waals surface area contributed by atoms with Gasteiger partial charge in [0.1, 0.15) is 0 Å². The van der Waals surface area contributed by atoms with E-state index in [1.54, 1.807) is 0 Å². The summed E-state index contributed by atoms with van der Waals surface area (Å²) in [6.45, 7) is 4.64. The smallest absolute Gasteiger partial charge is 0.0230 e. The molecule has 1 fully saturated rings. The third kappa shape index (κ3) is 4.27. The minimum absolute atomic E-state index is 0.238. The molecule has 0 unspecified atom stereocenters. The van der Waals surface area contributed by atoms with E-state index in [1.165, 1.54) is 44.4 Å². The third-order valence-corrected chi connectivity index (χ3v) is 5.25. The van der Waals surface area contributed by atoms with Crippen molar-refractivity contribution in [3.8, 4) is 0 Å². The maximum Gasteiger partial charge on any atom is -0.0230 e. The molecule has 0 saturated heterocycles. The van der Waals surface area contributed by atoms with Crippen molar-refractivity contribution in [3.63, 3.8) is 0 Å². The van der Waals surface area contributed by atoms with E-state index < -0.39 is 0 Å². The zero-order valence-electron chi connectivity index (χ0n) is 9.13. The predicted molar refractivity (Wildman–Crippen MR) is 63.7 cm³/mol. The van der Waals surface area contributed by atoms with E-state index in [2.05, 4.69) is 25.7 Å². The van der Waals surface area contributed by atoms with Gasteiger partial charge in [-0.05, 0) is 31.1 Å². The first kappa shape index (κ1) is 11.2. The Balaban J connectivity index is 2.27. The zero-order valence-corrected chi connectivity index (χ0v) is 10.0. The highest BCUT2D eigenvalue weighted by Crippen LogP contribution is 2.37. The molecule has 0 aliphatic heterocycles. The molecule has 13 heavy (non-hydrogen) atoms. The number of hydrogen-bond donors (Lipinski definition) is 0. The van der Waals surface area contributed by atoms with Gasteiger partial charge in [-0.1, -0.05) is 52.9 Å². The molecule has 1 rings (SSSR count). The van der Waals surface area contributed by atoms with Gasteiger partial charge < -0.3 is 0 Å². The van der Waals surface area contributed by atoms with Crippen LogP contribution in [0.5, 0.6) is 0 Å². The Morgan fingerprint density at radius 3 is 2.23 bits per heavy atom. The molecule has 1 aliphatic carbocycles. The summed E-state index contributed by atoms with van der Waals surface area (Å²) in [4.78, 5) is 0. The van der Waals surface area contributed by atoms with Gasteiger partial charge >= 0.3 is 0 Å². The zero-order chi connectivity index (χ0) is 9.52. The minimum Gasteiger partial charge on any atom is -0.0841 e. The molecule has 1 heteroatoms. The highest BCUT2D eigenvalue weighted by atomic mass is 31.1. The van der Waals surface area contributed by atoms with Gasteiger partial charge in [-0.15, -0.1) is 0 Å². The summed E-state index contributed by atoms with van der Waals surface area (Å²) in [5, 5.41) is 0. The topological polar surface area (TPSA) is 0 Å². The molecular formula is C12H23P. The molecule has 0 spiro atoms. The van der Waals surface area contributed by atoms with Crippen molar-refractivity contribution in [1.29, 1.82) is 0 Å². The van der Waals surface area contributed by atoms with Crippen LogP contribution in [0, 0.1) is 5.92 Å². The summed E-state index contributed by atoms with van der Waals surface area (Å²) < 4.78 is 0. The van der Waals surface area contributed by atoms with E-state index in [4.69, 9.17) is 0 Å². The van der Waals surface area contributed by atoms with Crippen molar-refractivity contribution < 1.29 is 0 Å². The number of allylic oxidation sites excluding steroid dienone is 1. The molecule has 0 aromatic heterocycles.